The molecule has 0 saturated heterocycles. The molecule has 1 heterocycles. The molecule has 0 aliphatic carbocycles. The smallest absolute Gasteiger partial charge is 0.435 e. The lowest BCUT2D eigenvalue weighted by Gasteiger charge is -2.15. The minimum atomic E-state index is -4.59. The summed E-state index contributed by atoms with van der Waals surface area (Å²) in [5.74, 6) is -1.16. The number of aromatic nitrogens is 2. The summed E-state index contributed by atoms with van der Waals surface area (Å²) in [5, 5.41) is 3.35. The Morgan fingerprint density at radius 1 is 1.47 bits per heavy atom. The molecule has 0 amide bonds. The maximum absolute atomic E-state index is 12.5. The third-order valence-electron chi connectivity index (χ3n) is 2.57. The maximum Gasteiger partial charge on any atom is 0.435 e. The number of ketones is 1. The molecule has 0 aliphatic rings. The molecule has 0 fully saturated rings. The van der Waals surface area contributed by atoms with Gasteiger partial charge in [0.15, 0.2) is 11.5 Å². The number of nitrogens with zero attached hydrogens (tertiary/aromatic N) is 2. The highest BCUT2D eigenvalue weighted by molar-refractivity contribution is 5.85. The number of esters is 1. The van der Waals surface area contributed by atoms with E-state index in [1.807, 2.05) is 0 Å². The van der Waals surface area contributed by atoms with Gasteiger partial charge in [0.1, 0.15) is 6.04 Å². The highest BCUT2D eigenvalue weighted by atomic mass is 19.4. The van der Waals surface area contributed by atoms with E-state index in [4.69, 9.17) is 0 Å². The van der Waals surface area contributed by atoms with Crippen LogP contribution in [-0.4, -0.2) is 28.6 Å². The number of carbonyl (C=O) groups is 2. The summed E-state index contributed by atoms with van der Waals surface area (Å²) in [7, 11) is 1.14. The van der Waals surface area contributed by atoms with Gasteiger partial charge in [-0.25, -0.2) is 0 Å². The molecule has 0 N–H and O–H groups in total. The number of hydrogen-bond acceptors (Lipinski definition) is 4. The van der Waals surface area contributed by atoms with E-state index in [1.165, 1.54) is 13.8 Å². The van der Waals surface area contributed by atoms with Crippen LogP contribution < -0.4 is 0 Å². The second-order valence-electron chi connectivity index (χ2n) is 4.02. The molecule has 0 aliphatic heterocycles. The van der Waals surface area contributed by atoms with Crippen LogP contribution in [0.5, 0.6) is 0 Å². The highest BCUT2D eigenvalue weighted by Gasteiger charge is 2.36. The van der Waals surface area contributed by atoms with Crippen LogP contribution in [0.1, 0.15) is 30.8 Å². The average Bonchev–Trinajstić information content (AvgIpc) is 2.67. The molecule has 1 unspecified atom stereocenters. The van der Waals surface area contributed by atoms with Crippen LogP contribution in [0, 0.1) is 6.92 Å². The standard InChI is InChI=1S/C11H13F3N2O3/c1-6-4-9(11(12,13)14)15-16(6)8(7(2)17)5-10(18)19-3/h4,8H,5H2,1-3H3. The van der Waals surface area contributed by atoms with E-state index >= 15 is 0 Å². The van der Waals surface area contributed by atoms with Crippen LogP contribution in [0.3, 0.4) is 0 Å². The van der Waals surface area contributed by atoms with E-state index < -0.39 is 29.7 Å². The maximum atomic E-state index is 12.5. The number of Topliss-reactive ketones (excluding diaryl/α,β-unsaturated/α-hetero) is 1. The number of alkyl halides is 3. The van der Waals surface area contributed by atoms with Gasteiger partial charge in [-0.15, -0.1) is 0 Å². The molecule has 19 heavy (non-hydrogen) atoms. The van der Waals surface area contributed by atoms with Crippen molar-refractivity contribution < 1.29 is 27.5 Å². The van der Waals surface area contributed by atoms with E-state index in [2.05, 4.69) is 9.84 Å². The first kappa shape index (κ1) is 15.2. The van der Waals surface area contributed by atoms with Gasteiger partial charge in [-0.2, -0.15) is 18.3 Å². The van der Waals surface area contributed by atoms with Crippen molar-refractivity contribution in [3.05, 3.63) is 17.5 Å². The van der Waals surface area contributed by atoms with Crippen LogP contribution in [-0.2, 0) is 20.5 Å². The van der Waals surface area contributed by atoms with Crippen molar-refractivity contribution in [3.63, 3.8) is 0 Å². The molecule has 0 radical (unpaired) electrons. The molecule has 106 valence electrons. The largest absolute Gasteiger partial charge is 0.469 e. The first-order valence-electron chi connectivity index (χ1n) is 5.37. The monoisotopic (exact) mass is 278 g/mol. The third-order valence-corrected chi connectivity index (χ3v) is 2.57. The summed E-state index contributed by atoms with van der Waals surface area (Å²) in [6.07, 6.45) is -4.95. The molecule has 8 heteroatoms. The molecule has 1 aromatic rings. The Labute approximate surface area is 107 Å². The number of ether oxygens (including phenoxy) is 1. The minimum Gasteiger partial charge on any atom is -0.469 e. The fourth-order valence-electron chi connectivity index (χ4n) is 1.59. The molecule has 1 rings (SSSR count). The number of hydrogen-bond donors (Lipinski definition) is 0. The Balaban J connectivity index is 3.13. The van der Waals surface area contributed by atoms with E-state index in [0.29, 0.717) is 0 Å². The molecule has 0 spiro atoms. The van der Waals surface area contributed by atoms with Crippen molar-refractivity contribution in [1.29, 1.82) is 0 Å². The van der Waals surface area contributed by atoms with E-state index in [1.54, 1.807) is 0 Å². The molecule has 1 atom stereocenters. The lowest BCUT2D eigenvalue weighted by Crippen LogP contribution is -2.23. The van der Waals surface area contributed by atoms with Gasteiger partial charge in [-0.05, 0) is 19.9 Å². The van der Waals surface area contributed by atoms with Gasteiger partial charge < -0.3 is 4.74 Å². The number of rotatable bonds is 4. The molecule has 0 aromatic carbocycles. The SMILES string of the molecule is COC(=O)CC(C(C)=O)n1nc(C(F)(F)F)cc1C. The van der Waals surface area contributed by atoms with Crippen molar-refractivity contribution in [2.24, 2.45) is 0 Å². The predicted octanol–water partition coefficient (Wildman–Crippen LogP) is 1.90. The van der Waals surface area contributed by atoms with Gasteiger partial charge >= 0.3 is 12.1 Å². The van der Waals surface area contributed by atoms with E-state index in [9.17, 15) is 22.8 Å². The van der Waals surface area contributed by atoms with Gasteiger partial charge in [0, 0.05) is 5.69 Å². The Morgan fingerprint density at radius 2 is 2.05 bits per heavy atom. The topological polar surface area (TPSA) is 61.2 Å². The summed E-state index contributed by atoms with van der Waals surface area (Å²) >= 11 is 0. The van der Waals surface area contributed by atoms with Crippen LogP contribution in [0.2, 0.25) is 0 Å². The minimum absolute atomic E-state index is 0.149. The zero-order chi connectivity index (χ0) is 14.8. The zero-order valence-corrected chi connectivity index (χ0v) is 10.6. The highest BCUT2D eigenvalue weighted by Crippen LogP contribution is 2.29. The average molecular weight is 278 g/mol. The van der Waals surface area contributed by atoms with Crippen molar-refractivity contribution in [3.8, 4) is 0 Å². The Kier molecular flexibility index (Phi) is 4.33. The van der Waals surface area contributed by atoms with Crippen molar-refractivity contribution >= 4 is 11.8 Å². The molecular weight excluding hydrogens is 265 g/mol. The number of aryl methyl sites for hydroxylation is 1. The Morgan fingerprint density at radius 3 is 2.42 bits per heavy atom. The van der Waals surface area contributed by atoms with Gasteiger partial charge in [-0.1, -0.05) is 0 Å². The van der Waals surface area contributed by atoms with Crippen LogP contribution in [0.4, 0.5) is 13.2 Å². The van der Waals surface area contributed by atoms with Gasteiger partial charge in [-0.3, -0.25) is 14.3 Å². The first-order chi connectivity index (χ1) is 8.66. The summed E-state index contributed by atoms with van der Waals surface area (Å²) < 4.78 is 42.9. The number of carbonyl (C=O) groups excluding carboxylic acids is 2. The molecule has 0 saturated carbocycles. The zero-order valence-electron chi connectivity index (χ0n) is 10.6. The summed E-state index contributed by atoms with van der Waals surface area (Å²) in [4.78, 5) is 22.6. The molecule has 0 bridgehead atoms. The fourth-order valence-corrected chi connectivity index (χ4v) is 1.59. The molecular formula is C11H13F3N2O3. The van der Waals surface area contributed by atoms with Crippen LogP contribution in [0.15, 0.2) is 6.07 Å². The van der Waals surface area contributed by atoms with E-state index in [-0.39, 0.29) is 12.1 Å². The normalized spacial score (nSPS) is 13.2. The summed E-state index contributed by atoms with van der Waals surface area (Å²) in [6.45, 7) is 2.57. The second kappa shape index (κ2) is 5.41. The summed E-state index contributed by atoms with van der Waals surface area (Å²) in [6, 6.07) is -0.267. The van der Waals surface area contributed by atoms with E-state index in [0.717, 1.165) is 17.9 Å². The first-order valence-corrected chi connectivity index (χ1v) is 5.37. The van der Waals surface area contributed by atoms with Crippen molar-refractivity contribution in [2.75, 3.05) is 7.11 Å². The second-order valence-corrected chi connectivity index (χ2v) is 4.02. The predicted molar refractivity (Wildman–Crippen MR) is 58.3 cm³/mol. The third kappa shape index (κ3) is 3.55. The van der Waals surface area contributed by atoms with Gasteiger partial charge in [0.2, 0.25) is 0 Å². The van der Waals surface area contributed by atoms with Crippen LogP contribution in [0.25, 0.3) is 0 Å². The quantitative estimate of drug-likeness (QED) is 0.789. The van der Waals surface area contributed by atoms with Crippen molar-refractivity contribution in [2.45, 2.75) is 32.5 Å². The van der Waals surface area contributed by atoms with Crippen molar-refractivity contribution in [1.82, 2.24) is 9.78 Å². The van der Waals surface area contributed by atoms with Crippen LogP contribution >= 0.6 is 0 Å². The summed E-state index contributed by atoms with van der Waals surface area (Å²) in [5.41, 5.74) is -0.947. The number of methoxy groups -OCH3 is 1. The molecule has 5 nitrogen and oxygen atoms in total. The lowest BCUT2D eigenvalue weighted by molar-refractivity contribution is -0.143. The fraction of sp³-hybridized carbons (Fsp3) is 0.545. The van der Waals surface area contributed by atoms with Gasteiger partial charge in [0.25, 0.3) is 0 Å². The Hall–Kier alpha value is -1.86. The Bertz CT molecular complexity index is 494. The van der Waals surface area contributed by atoms with Gasteiger partial charge in [0.05, 0.1) is 13.5 Å². The molecule has 1 aromatic heterocycles. The number of halogens is 3. The lowest BCUT2D eigenvalue weighted by atomic mass is 10.1.